The summed E-state index contributed by atoms with van der Waals surface area (Å²) in [4.78, 5) is 17.4. The first kappa shape index (κ1) is 18.3. The van der Waals surface area contributed by atoms with Crippen LogP contribution in [0.1, 0.15) is 16.2 Å². The molecule has 2 heterocycles. The first-order chi connectivity index (χ1) is 12.2. The van der Waals surface area contributed by atoms with Crippen LogP contribution in [0.2, 0.25) is 0 Å². The minimum absolute atomic E-state index is 0.232. The number of nitrogens with zero attached hydrogens (tertiary/aromatic N) is 4. The van der Waals surface area contributed by atoms with Crippen LogP contribution in [0.15, 0.2) is 46.8 Å². The standard InChI is InChI=1S/C17H18N4O3S2/c1-5-8-21-14-7-6-12(26(4,23)24)10-15(14)25-17(21)18-16(22)13-9-11(2)20(3)19-13/h5-7,9-10H,1,8H2,2-4H3. The number of rotatable bonds is 4. The predicted octanol–water partition coefficient (Wildman–Crippen LogP) is 2.08. The van der Waals surface area contributed by atoms with E-state index in [0.717, 1.165) is 22.2 Å². The predicted molar refractivity (Wildman–Crippen MR) is 101 cm³/mol. The quantitative estimate of drug-likeness (QED) is 0.638. The van der Waals surface area contributed by atoms with Crippen LogP contribution >= 0.6 is 11.3 Å². The Balaban J connectivity index is 2.19. The third-order valence-electron chi connectivity index (χ3n) is 3.92. The second-order valence-corrected chi connectivity index (χ2v) is 8.92. The van der Waals surface area contributed by atoms with Crippen molar-refractivity contribution in [3.63, 3.8) is 0 Å². The molecule has 0 aliphatic carbocycles. The van der Waals surface area contributed by atoms with Gasteiger partial charge in [-0.25, -0.2) is 8.42 Å². The summed E-state index contributed by atoms with van der Waals surface area (Å²) in [6.07, 6.45) is 2.86. The molecule has 0 N–H and O–H groups in total. The highest BCUT2D eigenvalue weighted by Gasteiger charge is 2.14. The van der Waals surface area contributed by atoms with E-state index in [1.165, 1.54) is 11.3 Å². The van der Waals surface area contributed by atoms with Gasteiger partial charge in [-0.2, -0.15) is 10.1 Å². The molecular weight excluding hydrogens is 372 g/mol. The Morgan fingerprint density at radius 2 is 2.12 bits per heavy atom. The lowest BCUT2D eigenvalue weighted by Crippen LogP contribution is -2.16. The summed E-state index contributed by atoms with van der Waals surface area (Å²) < 4.78 is 27.7. The van der Waals surface area contributed by atoms with E-state index in [-0.39, 0.29) is 10.6 Å². The lowest BCUT2D eigenvalue weighted by Gasteiger charge is -2.02. The van der Waals surface area contributed by atoms with Crippen LogP contribution in [0.4, 0.5) is 0 Å². The fourth-order valence-electron chi connectivity index (χ4n) is 2.48. The van der Waals surface area contributed by atoms with E-state index in [4.69, 9.17) is 0 Å². The molecule has 0 saturated heterocycles. The first-order valence-corrected chi connectivity index (χ1v) is 10.5. The molecule has 1 amide bonds. The van der Waals surface area contributed by atoms with Gasteiger partial charge in [0.05, 0.1) is 15.1 Å². The summed E-state index contributed by atoms with van der Waals surface area (Å²) in [6, 6.07) is 6.56. The highest BCUT2D eigenvalue weighted by Crippen LogP contribution is 2.22. The van der Waals surface area contributed by atoms with Crippen LogP contribution in [-0.2, 0) is 23.4 Å². The van der Waals surface area contributed by atoms with Crippen molar-refractivity contribution in [3.05, 3.63) is 53.1 Å². The topological polar surface area (TPSA) is 86.3 Å². The molecule has 1 aromatic carbocycles. The van der Waals surface area contributed by atoms with Crippen molar-refractivity contribution in [2.24, 2.45) is 12.0 Å². The Kier molecular flexibility index (Phi) is 4.68. The second kappa shape index (κ2) is 6.65. The highest BCUT2D eigenvalue weighted by atomic mass is 32.2. The Morgan fingerprint density at radius 3 is 2.69 bits per heavy atom. The maximum Gasteiger partial charge on any atom is 0.300 e. The Labute approximate surface area is 154 Å². The van der Waals surface area contributed by atoms with Gasteiger partial charge in [0.2, 0.25) is 0 Å². The van der Waals surface area contributed by atoms with Gasteiger partial charge in [-0.3, -0.25) is 9.48 Å². The number of sulfone groups is 1. The highest BCUT2D eigenvalue weighted by molar-refractivity contribution is 7.90. The average molecular weight is 390 g/mol. The van der Waals surface area contributed by atoms with Crippen molar-refractivity contribution in [2.45, 2.75) is 18.4 Å². The van der Waals surface area contributed by atoms with Crippen LogP contribution in [0, 0.1) is 6.92 Å². The number of carbonyl (C=O) groups is 1. The fourth-order valence-corrected chi connectivity index (χ4v) is 4.28. The number of amides is 1. The molecule has 0 saturated carbocycles. The van der Waals surface area contributed by atoms with Crippen molar-refractivity contribution in [1.82, 2.24) is 14.3 Å². The lowest BCUT2D eigenvalue weighted by molar-refractivity contribution is 0.0992. The van der Waals surface area contributed by atoms with Crippen molar-refractivity contribution in [3.8, 4) is 0 Å². The zero-order valence-electron chi connectivity index (χ0n) is 14.6. The molecule has 2 aromatic heterocycles. The monoisotopic (exact) mass is 390 g/mol. The smallest absolute Gasteiger partial charge is 0.300 e. The molecule has 136 valence electrons. The number of aromatic nitrogens is 3. The molecular formula is C17H18N4O3S2. The average Bonchev–Trinajstić information content (AvgIpc) is 3.07. The van der Waals surface area contributed by atoms with Crippen molar-refractivity contribution >= 4 is 37.3 Å². The molecule has 3 aromatic rings. The Bertz CT molecular complexity index is 1180. The SMILES string of the molecule is C=CCn1c(=NC(=O)c2cc(C)n(C)n2)sc2cc(S(C)(=O)=O)ccc21. The van der Waals surface area contributed by atoms with Gasteiger partial charge >= 0.3 is 0 Å². The van der Waals surface area contributed by atoms with Gasteiger partial charge in [0.15, 0.2) is 20.3 Å². The van der Waals surface area contributed by atoms with Crippen LogP contribution in [0.3, 0.4) is 0 Å². The number of hydrogen-bond acceptors (Lipinski definition) is 5. The second-order valence-electron chi connectivity index (χ2n) is 5.90. The molecule has 0 bridgehead atoms. The van der Waals surface area contributed by atoms with E-state index < -0.39 is 15.7 Å². The van der Waals surface area contributed by atoms with E-state index in [9.17, 15) is 13.2 Å². The van der Waals surface area contributed by atoms with Crippen LogP contribution in [0.25, 0.3) is 10.2 Å². The van der Waals surface area contributed by atoms with Gasteiger partial charge in [0, 0.05) is 25.5 Å². The molecule has 9 heteroatoms. The number of benzene rings is 1. The maximum atomic E-state index is 12.5. The molecule has 26 heavy (non-hydrogen) atoms. The van der Waals surface area contributed by atoms with Gasteiger partial charge < -0.3 is 4.57 Å². The van der Waals surface area contributed by atoms with Crippen molar-refractivity contribution in [1.29, 1.82) is 0 Å². The summed E-state index contributed by atoms with van der Waals surface area (Å²) in [5, 5.41) is 4.15. The summed E-state index contributed by atoms with van der Waals surface area (Å²) in [5.74, 6) is -0.443. The summed E-state index contributed by atoms with van der Waals surface area (Å²) in [6.45, 7) is 6.04. The lowest BCUT2D eigenvalue weighted by atomic mass is 10.3. The van der Waals surface area contributed by atoms with Crippen molar-refractivity contribution in [2.75, 3.05) is 6.26 Å². The molecule has 0 unspecified atom stereocenters. The molecule has 0 aliphatic rings. The fraction of sp³-hybridized carbons (Fsp3) is 0.235. The number of aryl methyl sites for hydroxylation is 2. The maximum absolute atomic E-state index is 12.5. The van der Waals surface area contributed by atoms with Gasteiger partial charge in [-0.1, -0.05) is 17.4 Å². The van der Waals surface area contributed by atoms with Crippen LogP contribution in [0.5, 0.6) is 0 Å². The molecule has 0 spiro atoms. The molecule has 7 nitrogen and oxygen atoms in total. The number of carbonyl (C=O) groups excluding carboxylic acids is 1. The minimum atomic E-state index is -3.31. The van der Waals surface area contributed by atoms with E-state index in [0.29, 0.717) is 11.3 Å². The molecule has 0 aliphatic heterocycles. The van der Waals surface area contributed by atoms with Crippen LogP contribution < -0.4 is 4.80 Å². The Morgan fingerprint density at radius 1 is 1.38 bits per heavy atom. The third-order valence-corrected chi connectivity index (χ3v) is 6.08. The van der Waals surface area contributed by atoms with E-state index in [2.05, 4.69) is 16.7 Å². The molecule has 0 radical (unpaired) electrons. The number of thiazole rings is 1. The van der Waals surface area contributed by atoms with E-state index in [1.807, 2.05) is 11.5 Å². The molecule has 3 rings (SSSR count). The van der Waals surface area contributed by atoms with Gasteiger partial charge in [0.25, 0.3) is 5.91 Å². The minimum Gasteiger partial charge on any atom is -0.312 e. The normalized spacial score (nSPS) is 12.7. The zero-order chi connectivity index (χ0) is 19.1. The Hall–Kier alpha value is -2.52. The van der Waals surface area contributed by atoms with Crippen molar-refractivity contribution < 1.29 is 13.2 Å². The largest absolute Gasteiger partial charge is 0.312 e. The van der Waals surface area contributed by atoms with Gasteiger partial charge in [-0.05, 0) is 31.2 Å². The summed E-state index contributed by atoms with van der Waals surface area (Å²) in [7, 11) is -1.55. The van der Waals surface area contributed by atoms with Gasteiger partial charge in [0.1, 0.15) is 0 Å². The summed E-state index contributed by atoms with van der Waals surface area (Å²) in [5.41, 5.74) is 1.92. The van der Waals surface area contributed by atoms with Crippen LogP contribution in [-0.4, -0.2) is 34.9 Å². The number of hydrogen-bond donors (Lipinski definition) is 0. The third kappa shape index (κ3) is 3.40. The number of fused-ring (bicyclic) bond motifs is 1. The zero-order valence-corrected chi connectivity index (χ0v) is 16.3. The molecule has 0 atom stereocenters. The molecule has 0 fully saturated rings. The van der Waals surface area contributed by atoms with Gasteiger partial charge in [-0.15, -0.1) is 6.58 Å². The summed E-state index contributed by atoms with van der Waals surface area (Å²) >= 11 is 1.26. The first-order valence-electron chi connectivity index (χ1n) is 7.75. The van der Waals surface area contributed by atoms with E-state index in [1.54, 1.807) is 42.1 Å². The van der Waals surface area contributed by atoms with E-state index >= 15 is 0 Å². The number of allylic oxidation sites excluding steroid dienone is 1.